The number of hydrogen-bond acceptors (Lipinski definition) is 2. The minimum absolute atomic E-state index is 0.158. The average molecular weight is 255 g/mol. The molecule has 0 bridgehead atoms. The second kappa shape index (κ2) is 6.39. The zero-order chi connectivity index (χ0) is 13.7. The third-order valence-corrected chi connectivity index (χ3v) is 3.35. The molecule has 0 aliphatic carbocycles. The number of rotatable bonds is 5. The van der Waals surface area contributed by atoms with Gasteiger partial charge in [-0.05, 0) is 38.4 Å². The molecule has 0 aliphatic heterocycles. The first-order chi connectivity index (χ1) is 9.16. The molecule has 0 saturated carbocycles. The normalized spacial score (nSPS) is 12.3. The lowest BCUT2D eigenvalue weighted by Crippen LogP contribution is -2.21. The third kappa shape index (κ3) is 3.83. The van der Waals surface area contributed by atoms with Gasteiger partial charge in [-0.25, -0.2) is 0 Å². The highest BCUT2D eigenvalue weighted by Gasteiger charge is 2.08. The van der Waals surface area contributed by atoms with Crippen LogP contribution >= 0.6 is 0 Å². The van der Waals surface area contributed by atoms with Crippen LogP contribution in [0.15, 0.2) is 48.5 Å². The predicted octanol–water partition coefficient (Wildman–Crippen LogP) is 3.59. The second-order valence-electron chi connectivity index (χ2n) is 4.97. The highest BCUT2D eigenvalue weighted by Crippen LogP contribution is 2.22. The lowest BCUT2D eigenvalue weighted by Gasteiger charge is -2.15. The number of phenolic OH excluding ortho intramolecular Hbond substituents is 1. The van der Waals surface area contributed by atoms with Crippen molar-refractivity contribution in [3.8, 4) is 5.75 Å². The molecule has 2 nitrogen and oxygen atoms in total. The quantitative estimate of drug-likeness (QED) is 0.855. The molecule has 2 aromatic carbocycles. The van der Waals surface area contributed by atoms with Gasteiger partial charge in [0.15, 0.2) is 0 Å². The smallest absolute Gasteiger partial charge is 0.120 e. The molecule has 2 heteroatoms. The number of benzene rings is 2. The first-order valence-electron chi connectivity index (χ1n) is 6.73. The van der Waals surface area contributed by atoms with Crippen LogP contribution in [-0.4, -0.2) is 11.7 Å². The first-order valence-corrected chi connectivity index (χ1v) is 6.73. The van der Waals surface area contributed by atoms with Gasteiger partial charge in [0.1, 0.15) is 5.75 Å². The second-order valence-corrected chi connectivity index (χ2v) is 4.97. The molecule has 100 valence electrons. The molecule has 0 aliphatic rings. The van der Waals surface area contributed by atoms with Crippen LogP contribution in [0.2, 0.25) is 0 Å². The Hall–Kier alpha value is -1.80. The Bertz CT molecular complexity index is 536. The Morgan fingerprint density at radius 2 is 1.89 bits per heavy atom. The predicted molar refractivity (Wildman–Crippen MR) is 79.4 cm³/mol. The zero-order valence-corrected chi connectivity index (χ0v) is 11.6. The Balaban J connectivity index is 1.88. The van der Waals surface area contributed by atoms with Gasteiger partial charge in [-0.15, -0.1) is 0 Å². The van der Waals surface area contributed by atoms with Gasteiger partial charge in [-0.3, -0.25) is 0 Å². The largest absolute Gasteiger partial charge is 0.508 e. The van der Waals surface area contributed by atoms with Crippen molar-refractivity contribution in [3.05, 3.63) is 65.2 Å². The van der Waals surface area contributed by atoms with E-state index >= 15 is 0 Å². The lowest BCUT2D eigenvalue weighted by atomic mass is 10.1. The lowest BCUT2D eigenvalue weighted by molar-refractivity contribution is 0.453. The van der Waals surface area contributed by atoms with Gasteiger partial charge in [-0.2, -0.15) is 0 Å². The molecule has 0 spiro atoms. The standard InChI is InChI=1S/C17H21NO/c1-13-6-5-7-15(12-13)10-11-18-14(2)16-8-3-4-9-17(16)19/h3-9,12,14,18-19H,10-11H2,1-2H3. The van der Waals surface area contributed by atoms with Crippen LogP contribution in [0.1, 0.15) is 29.7 Å². The summed E-state index contributed by atoms with van der Waals surface area (Å²) in [6, 6.07) is 16.2. The Morgan fingerprint density at radius 1 is 1.11 bits per heavy atom. The van der Waals surface area contributed by atoms with Crippen LogP contribution in [0.3, 0.4) is 0 Å². The Kier molecular flexibility index (Phi) is 4.58. The molecule has 2 rings (SSSR count). The molecule has 0 aromatic heterocycles. The monoisotopic (exact) mass is 255 g/mol. The Morgan fingerprint density at radius 3 is 2.63 bits per heavy atom. The fraction of sp³-hybridized carbons (Fsp3) is 0.294. The van der Waals surface area contributed by atoms with Crippen molar-refractivity contribution < 1.29 is 5.11 Å². The van der Waals surface area contributed by atoms with Gasteiger partial charge in [0.25, 0.3) is 0 Å². The number of phenols is 1. The molecule has 0 amide bonds. The maximum absolute atomic E-state index is 9.79. The minimum Gasteiger partial charge on any atom is -0.508 e. The fourth-order valence-electron chi connectivity index (χ4n) is 2.26. The highest BCUT2D eigenvalue weighted by molar-refractivity contribution is 5.34. The molecule has 0 radical (unpaired) electrons. The van der Waals surface area contributed by atoms with Crippen molar-refractivity contribution in [1.29, 1.82) is 0 Å². The van der Waals surface area contributed by atoms with E-state index in [2.05, 4.69) is 43.4 Å². The van der Waals surface area contributed by atoms with Crippen molar-refractivity contribution in [2.45, 2.75) is 26.3 Å². The van der Waals surface area contributed by atoms with E-state index in [4.69, 9.17) is 0 Å². The number of para-hydroxylation sites is 1. The number of hydrogen-bond donors (Lipinski definition) is 2. The minimum atomic E-state index is 0.158. The molecular weight excluding hydrogens is 234 g/mol. The van der Waals surface area contributed by atoms with Gasteiger partial charge in [0.05, 0.1) is 0 Å². The van der Waals surface area contributed by atoms with E-state index in [-0.39, 0.29) is 6.04 Å². The highest BCUT2D eigenvalue weighted by atomic mass is 16.3. The van der Waals surface area contributed by atoms with E-state index < -0.39 is 0 Å². The fourth-order valence-corrected chi connectivity index (χ4v) is 2.26. The van der Waals surface area contributed by atoms with Crippen molar-refractivity contribution >= 4 is 0 Å². The van der Waals surface area contributed by atoms with Gasteiger partial charge >= 0.3 is 0 Å². The molecule has 0 saturated heterocycles. The number of nitrogens with one attached hydrogen (secondary N) is 1. The van der Waals surface area contributed by atoms with Crippen molar-refractivity contribution in [1.82, 2.24) is 5.32 Å². The molecule has 2 aromatic rings. The summed E-state index contributed by atoms with van der Waals surface area (Å²) in [6.07, 6.45) is 1.000. The summed E-state index contributed by atoms with van der Waals surface area (Å²) in [7, 11) is 0. The van der Waals surface area contributed by atoms with Crippen LogP contribution < -0.4 is 5.32 Å². The molecular formula is C17H21NO. The first kappa shape index (κ1) is 13.6. The Labute approximate surface area is 115 Å². The summed E-state index contributed by atoms with van der Waals surface area (Å²) in [5.74, 6) is 0.359. The van der Waals surface area contributed by atoms with Crippen LogP contribution in [0, 0.1) is 6.92 Å². The van der Waals surface area contributed by atoms with Crippen LogP contribution in [0.5, 0.6) is 5.75 Å². The van der Waals surface area contributed by atoms with Crippen molar-refractivity contribution in [2.24, 2.45) is 0 Å². The van der Waals surface area contributed by atoms with Crippen LogP contribution in [-0.2, 0) is 6.42 Å². The van der Waals surface area contributed by atoms with E-state index in [0.717, 1.165) is 18.5 Å². The van der Waals surface area contributed by atoms with Crippen molar-refractivity contribution in [3.63, 3.8) is 0 Å². The van der Waals surface area contributed by atoms with Crippen LogP contribution in [0.4, 0.5) is 0 Å². The van der Waals surface area contributed by atoms with Gasteiger partial charge in [-0.1, -0.05) is 48.0 Å². The maximum Gasteiger partial charge on any atom is 0.120 e. The summed E-state index contributed by atoms with van der Waals surface area (Å²) in [5.41, 5.74) is 3.59. The summed E-state index contributed by atoms with van der Waals surface area (Å²) in [6.45, 7) is 5.09. The summed E-state index contributed by atoms with van der Waals surface area (Å²) in [5, 5.41) is 13.2. The molecule has 1 atom stereocenters. The molecule has 2 N–H and O–H groups in total. The van der Waals surface area contributed by atoms with Crippen LogP contribution in [0.25, 0.3) is 0 Å². The van der Waals surface area contributed by atoms with Gasteiger partial charge < -0.3 is 10.4 Å². The third-order valence-electron chi connectivity index (χ3n) is 3.35. The zero-order valence-electron chi connectivity index (χ0n) is 11.6. The van der Waals surface area contributed by atoms with Crippen molar-refractivity contribution in [2.75, 3.05) is 6.54 Å². The van der Waals surface area contributed by atoms with E-state index in [1.54, 1.807) is 6.07 Å². The molecule has 0 fully saturated rings. The van der Waals surface area contributed by atoms with Gasteiger partial charge in [0, 0.05) is 11.6 Å². The number of aromatic hydroxyl groups is 1. The van der Waals surface area contributed by atoms with E-state index in [9.17, 15) is 5.11 Å². The van der Waals surface area contributed by atoms with Gasteiger partial charge in [0.2, 0.25) is 0 Å². The summed E-state index contributed by atoms with van der Waals surface area (Å²) >= 11 is 0. The maximum atomic E-state index is 9.79. The topological polar surface area (TPSA) is 32.3 Å². The molecule has 0 heterocycles. The molecule has 19 heavy (non-hydrogen) atoms. The van der Waals surface area contributed by atoms with E-state index in [0.29, 0.717) is 5.75 Å². The molecule has 1 unspecified atom stereocenters. The SMILES string of the molecule is Cc1cccc(CCNC(C)c2ccccc2O)c1. The average Bonchev–Trinajstić information content (AvgIpc) is 2.39. The summed E-state index contributed by atoms with van der Waals surface area (Å²) < 4.78 is 0. The van der Waals surface area contributed by atoms with E-state index in [1.165, 1.54) is 11.1 Å². The number of aryl methyl sites for hydroxylation is 1. The summed E-state index contributed by atoms with van der Waals surface area (Å²) in [4.78, 5) is 0. The van der Waals surface area contributed by atoms with E-state index in [1.807, 2.05) is 18.2 Å².